The van der Waals surface area contributed by atoms with Crippen LogP contribution in [0.5, 0.6) is 0 Å². The van der Waals surface area contributed by atoms with Crippen LogP contribution < -0.4 is 0 Å². The van der Waals surface area contributed by atoms with E-state index in [0.717, 1.165) is 57.8 Å². The minimum Gasteiger partial charge on any atom is -0.462 e. The summed E-state index contributed by atoms with van der Waals surface area (Å²) in [5.74, 6) is -0.568. The Morgan fingerprint density at radius 2 is 0.544 bits per heavy atom. The van der Waals surface area contributed by atoms with E-state index in [1.54, 1.807) is 0 Å². The number of carbonyl (C=O) groups excluding carboxylic acids is 2. The third-order valence-electron chi connectivity index (χ3n) is 16.4. The molecule has 1 atom stereocenters. The first-order valence-corrected chi connectivity index (χ1v) is 35.7. The van der Waals surface area contributed by atoms with Gasteiger partial charge in [-0.25, -0.2) is 0 Å². The maximum Gasteiger partial charge on any atom is 0.306 e. The molecule has 5 nitrogen and oxygen atoms in total. The topological polar surface area (TPSA) is 72.8 Å². The highest BCUT2D eigenvalue weighted by atomic mass is 16.6. The molecule has 0 aromatic rings. The first kappa shape index (κ1) is 76.9. The Hall–Kier alpha value is -2.14. The Morgan fingerprint density at radius 3 is 0.823 bits per heavy atom. The van der Waals surface area contributed by atoms with Gasteiger partial charge < -0.3 is 14.6 Å². The Morgan fingerprint density at radius 1 is 0.304 bits per heavy atom. The minimum absolute atomic E-state index is 0.0605. The van der Waals surface area contributed by atoms with Crippen molar-refractivity contribution in [1.82, 2.24) is 0 Å². The molecular formula is C74H138O5. The third-order valence-corrected chi connectivity index (χ3v) is 16.4. The highest BCUT2D eigenvalue weighted by molar-refractivity contribution is 5.70. The van der Waals surface area contributed by atoms with E-state index in [9.17, 15) is 14.7 Å². The van der Waals surface area contributed by atoms with Gasteiger partial charge in [-0.3, -0.25) is 9.59 Å². The van der Waals surface area contributed by atoms with Crippen LogP contribution in [0.4, 0.5) is 0 Å². The molecule has 0 fully saturated rings. The summed E-state index contributed by atoms with van der Waals surface area (Å²) < 4.78 is 10.8. The summed E-state index contributed by atoms with van der Waals surface area (Å²) in [5.41, 5.74) is 0. The lowest BCUT2D eigenvalue weighted by Gasteiger charge is -2.15. The molecule has 0 heterocycles. The lowest BCUT2D eigenvalue weighted by Crippen LogP contribution is -2.28. The molecule has 0 amide bonds. The second kappa shape index (κ2) is 70.1. The second-order valence-electron chi connectivity index (χ2n) is 24.3. The van der Waals surface area contributed by atoms with Crippen LogP contribution in [0.3, 0.4) is 0 Å². The largest absolute Gasteiger partial charge is 0.462 e. The van der Waals surface area contributed by atoms with Gasteiger partial charge in [-0.15, -0.1) is 0 Å². The molecule has 0 saturated heterocycles. The van der Waals surface area contributed by atoms with Gasteiger partial charge in [-0.1, -0.05) is 377 Å². The van der Waals surface area contributed by atoms with E-state index >= 15 is 0 Å². The van der Waals surface area contributed by atoms with E-state index in [-0.39, 0.29) is 25.2 Å². The summed E-state index contributed by atoms with van der Waals surface area (Å²) in [6.07, 6.45) is 94.5. The van der Waals surface area contributed by atoms with Gasteiger partial charge in [0.1, 0.15) is 6.61 Å². The zero-order valence-corrected chi connectivity index (χ0v) is 53.4. The van der Waals surface area contributed by atoms with Gasteiger partial charge >= 0.3 is 11.9 Å². The molecular weight excluding hydrogens is 969 g/mol. The fourth-order valence-electron chi connectivity index (χ4n) is 11.1. The number of rotatable bonds is 67. The van der Waals surface area contributed by atoms with Crippen molar-refractivity contribution >= 4 is 11.9 Å². The number of allylic oxidation sites excluding steroid dienone is 8. The van der Waals surface area contributed by atoms with Crippen molar-refractivity contribution in [3.05, 3.63) is 48.6 Å². The summed E-state index contributed by atoms with van der Waals surface area (Å²) in [4.78, 5) is 24.7. The Bertz CT molecular complexity index is 1300. The molecule has 464 valence electrons. The number of aliphatic hydroxyl groups is 1. The highest BCUT2D eigenvalue weighted by Gasteiger charge is 2.16. The van der Waals surface area contributed by atoms with Gasteiger partial charge in [-0.2, -0.15) is 0 Å². The molecule has 0 bridgehead atoms. The molecule has 0 aromatic carbocycles. The quantitative estimate of drug-likeness (QED) is 0.0373. The van der Waals surface area contributed by atoms with E-state index in [0.29, 0.717) is 12.8 Å². The van der Waals surface area contributed by atoms with Crippen LogP contribution in [0.2, 0.25) is 0 Å². The molecule has 0 aliphatic heterocycles. The number of hydrogen-bond acceptors (Lipinski definition) is 5. The number of ether oxygens (including phenoxy) is 2. The van der Waals surface area contributed by atoms with Crippen LogP contribution in [0.15, 0.2) is 48.6 Å². The van der Waals surface area contributed by atoms with Crippen molar-refractivity contribution in [3.63, 3.8) is 0 Å². The lowest BCUT2D eigenvalue weighted by molar-refractivity contribution is -0.161. The van der Waals surface area contributed by atoms with Crippen molar-refractivity contribution in [2.45, 2.75) is 399 Å². The van der Waals surface area contributed by atoms with Crippen LogP contribution in [0, 0.1) is 0 Å². The zero-order chi connectivity index (χ0) is 56.9. The summed E-state index contributed by atoms with van der Waals surface area (Å²) in [7, 11) is 0. The fraction of sp³-hybridized carbons (Fsp3) is 0.865. The first-order valence-electron chi connectivity index (χ1n) is 35.7. The number of unbranched alkanes of at least 4 members (excludes halogenated alkanes) is 51. The van der Waals surface area contributed by atoms with Gasteiger partial charge in [0.05, 0.1) is 6.61 Å². The van der Waals surface area contributed by atoms with Gasteiger partial charge in [0.25, 0.3) is 0 Å². The number of aliphatic hydroxyl groups excluding tert-OH is 1. The van der Waals surface area contributed by atoms with Crippen molar-refractivity contribution in [1.29, 1.82) is 0 Å². The maximum absolute atomic E-state index is 12.4. The maximum atomic E-state index is 12.4. The molecule has 79 heavy (non-hydrogen) atoms. The van der Waals surface area contributed by atoms with Crippen LogP contribution in [0.1, 0.15) is 393 Å². The fourth-order valence-corrected chi connectivity index (χ4v) is 11.1. The molecule has 0 aliphatic rings. The van der Waals surface area contributed by atoms with Crippen molar-refractivity contribution in [2.24, 2.45) is 0 Å². The van der Waals surface area contributed by atoms with Gasteiger partial charge in [0.2, 0.25) is 0 Å². The van der Waals surface area contributed by atoms with Crippen molar-refractivity contribution in [2.75, 3.05) is 13.2 Å². The van der Waals surface area contributed by atoms with Crippen molar-refractivity contribution < 1.29 is 24.2 Å². The van der Waals surface area contributed by atoms with E-state index in [1.165, 1.54) is 308 Å². The number of esters is 2. The van der Waals surface area contributed by atoms with Crippen molar-refractivity contribution in [3.8, 4) is 0 Å². The second-order valence-corrected chi connectivity index (χ2v) is 24.3. The molecule has 0 radical (unpaired) electrons. The Labute approximate surface area is 494 Å². The van der Waals surface area contributed by atoms with Crippen LogP contribution in [0.25, 0.3) is 0 Å². The molecule has 0 saturated carbocycles. The molecule has 1 unspecified atom stereocenters. The molecule has 1 N–H and O–H groups in total. The zero-order valence-electron chi connectivity index (χ0n) is 53.4. The monoisotopic (exact) mass is 1110 g/mol. The third kappa shape index (κ3) is 68.3. The molecule has 0 spiro atoms. The molecule has 0 aromatic heterocycles. The smallest absolute Gasteiger partial charge is 0.306 e. The predicted octanol–water partition coefficient (Wildman–Crippen LogP) is 24.7. The standard InChI is InChI=1S/C74H138O5/c1-3-5-7-9-11-13-15-17-19-21-23-25-27-29-31-33-34-35-36-37-38-39-41-42-44-46-48-50-52-54-56-58-60-62-64-66-68-73(76)78-71-72(70-75)79-74(77)69-67-65-63-61-59-57-55-53-51-49-47-45-43-40-32-30-28-26-24-22-20-18-16-14-12-10-8-6-4-2/h6,8,12,14,18,20,24,26,72,75H,3-5,7,9-11,13,15-17,19,21-23,25,27-71H2,1-2H3/b8-6-,14-12-,20-18-,26-24-. The van der Waals surface area contributed by atoms with Crippen LogP contribution in [-0.4, -0.2) is 36.4 Å². The summed E-state index contributed by atoms with van der Waals surface area (Å²) in [5, 5.41) is 9.70. The average Bonchev–Trinajstić information content (AvgIpc) is 3.45. The van der Waals surface area contributed by atoms with E-state index in [4.69, 9.17) is 9.47 Å². The molecule has 0 rings (SSSR count). The van der Waals surface area contributed by atoms with E-state index in [1.807, 2.05) is 0 Å². The lowest BCUT2D eigenvalue weighted by atomic mass is 10.0. The number of carbonyl (C=O) groups is 2. The van der Waals surface area contributed by atoms with Gasteiger partial charge in [0, 0.05) is 12.8 Å². The van der Waals surface area contributed by atoms with Gasteiger partial charge in [0.15, 0.2) is 6.10 Å². The van der Waals surface area contributed by atoms with E-state index < -0.39 is 6.10 Å². The highest BCUT2D eigenvalue weighted by Crippen LogP contribution is 2.19. The molecule has 0 aliphatic carbocycles. The number of hydrogen-bond donors (Lipinski definition) is 1. The van der Waals surface area contributed by atoms with Gasteiger partial charge in [-0.05, 0) is 51.4 Å². The Kier molecular flexibility index (Phi) is 68.2. The minimum atomic E-state index is -0.772. The normalized spacial score (nSPS) is 12.4. The van der Waals surface area contributed by atoms with E-state index in [2.05, 4.69) is 62.5 Å². The summed E-state index contributed by atoms with van der Waals surface area (Å²) >= 11 is 0. The SMILES string of the molecule is CC/C=C\C/C=C\C/C=C\C/C=C\CCCCCCCCCCCCCCCCCCC(=O)OC(CO)COC(=O)CCCCCCCCCCCCCCCCCCCCCCCCCCCCCCCCCCCCCC. The average molecular weight is 1110 g/mol. The predicted molar refractivity (Wildman–Crippen MR) is 348 cm³/mol. The summed E-state index contributed by atoms with van der Waals surface area (Å²) in [6.45, 7) is 4.09. The van der Waals surface area contributed by atoms with Crippen LogP contribution in [-0.2, 0) is 19.1 Å². The first-order chi connectivity index (χ1) is 39.1. The molecule has 5 heteroatoms. The van der Waals surface area contributed by atoms with Crippen LogP contribution >= 0.6 is 0 Å². The summed E-state index contributed by atoms with van der Waals surface area (Å²) in [6, 6.07) is 0. The Balaban J connectivity index is 3.37.